The number of nitrogens with zero attached hydrogens (tertiary/aromatic N) is 1. The third kappa shape index (κ3) is 2.56. The van der Waals surface area contributed by atoms with Gasteiger partial charge in [0.1, 0.15) is 11.1 Å². The highest BCUT2D eigenvalue weighted by molar-refractivity contribution is 5.97. The predicted molar refractivity (Wildman–Crippen MR) is 88.5 cm³/mol. The van der Waals surface area contributed by atoms with E-state index in [1.807, 2.05) is 23.1 Å². The molecule has 2 fully saturated rings. The SMILES string of the molecule is O=C(c1cc2ccccc2oc1=O)N1CCC[C@H]1C1CCCC1. The van der Waals surface area contributed by atoms with Crippen LogP contribution in [0.1, 0.15) is 48.9 Å². The minimum Gasteiger partial charge on any atom is -0.422 e. The van der Waals surface area contributed by atoms with Gasteiger partial charge in [0, 0.05) is 18.0 Å². The largest absolute Gasteiger partial charge is 0.422 e. The van der Waals surface area contributed by atoms with Gasteiger partial charge in [-0.05, 0) is 43.7 Å². The number of carbonyl (C=O) groups excluding carboxylic acids is 1. The summed E-state index contributed by atoms with van der Waals surface area (Å²) in [6.07, 6.45) is 7.05. The molecule has 0 spiro atoms. The molecule has 1 saturated carbocycles. The molecule has 2 heterocycles. The van der Waals surface area contributed by atoms with Gasteiger partial charge in [-0.3, -0.25) is 4.79 Å². The third-order valence-electron chi connectivity index (χ3n) is 5.38. The van der Waals surface area contributed by atoms with Crippen molar-refractivity contribution >= 4 is 16.9 Å². The van der Waals surface area contributed by atoms with Gasteiger partial charge in [-0.25, -0.2) is 4.79 Å². The zero-order valence-electron chi connectivity index (χ0n) is 13.2. The number of amides is 1. The molecule has 4 rings (SSSR count). The summed E-state index contributed by atoms with van der Waals surface area (Å²) in [4.78, 5) is 27.1. The van der Waals surface area contributed by atoms with Gasteiger partial charge in [0.05, 0.1) is 0 Å². The average Bonchev–Trinajstić information content (AvgIpc) is 3.24. The predicted octanol–water partition coefficient (Wildman–Crippen LogP) is 3.59. The van der Waals surface area contributed by atoms with Gasteiger partial charge in [-0.1, -0.05) is 31.0 Å². The smallest absolute Gasteiger partial charge is 0.349 e. The summed E-state index contributed by atoms with van der Waals surface area (Å²) in [6, 6.07) is 9.32. The van der Waals surface area contributed by atoms with Crippen LogP contribution in [0.3, 0.4) is 0 Å². The van der Waals surface area contributed by atoms with Crippen molar-refractivity contribution in [2.24, 2.45) is 5.92 Å². The number of benzene rings is 1. The quantitative estimate of drug-likeness (QED) is 0.796. The van der Waals surface area contributed by atoms with Crippen LogP contribution in [0.2, 0.25) is 0 Å². The molecular formula is C19H21NO3. The summed E-state index contributed by atoms with van der Waals surface area (Å²) in [5.41, 5.74) is 0.183. The molecular weight excluding hydrogens is 290 g/mol. The summed E-state index contributed by atoms with van der Waals surface area (Å²) in [5, 5.41) is 0.798. The third-order valence-corrected chi connectivity index (χ3v) is 5.38. The van der Waals surface area contributed by atoms with Crippen molar-refractivity contribution in [3.05, 3.63) is 46.3 Å². The highest BCUT2D eigenvalue weighted by atomic mass is 16.4. The summed E-state index contributed by atoms with van der Waals surface area (Å²) < 4.78 is 5.33. The molecule has 4 nitrogen and oxygen atoms in total. The Labute approximate surface area is 135 Å². The summed E-state index contributed by atoms with van der Waals surface area (Å²) in [6.45, 7) is 0.756. The minimum atomic E-state index is -0.522. The Morgan fingerprint density at radius 3 is 2.70 bits per heavy atom. The standard InChI is InChI=1S/C19H21NO3/c21-18(20-11-5-9-16(20)13-6-1-2-7-13)15-12-14-8-3-4-10-17(14)23-19(15)22/h3-4,8,10,12-13,16H,1-2,5-7,9,11H2/t16-/m0/s1. The van der Waals surface area contributed by atoms with Crippen LogP contribution < -0.4 is 5.63 Å². The van der Waals surface area contributed by atoms with Gasteiger partial charge >= 0.3 is 5.63 Å². The van der Waals surface area contributed by atoms with Gasteiger partial charge in [0.2, 0.25) is 0 Å². The lowest BCUT2D eigenvalue weighted by Crippen LogP contribution is -2.41. The summed E-state index contributed by atoms with van der Waals surface area (Å²) >= 11 is 0. The Bertz CT molecular complexity index is 789. The van der Waals surface area contributed by atoms with E-state index in [0.717, 1.165) is 24.8 Å². The van der Waals surface area contributed by atoms with E-state index in [4.69, 9.17) is 4.42 Å². The van der Waals surface area contributed by atoms with Crippen LogP contribution in [0, 0.1) is 5.92 Å². The van der Waals surface area contributed by atoms with E-state index < -0.39 is 5.63 Å². The van der Waals surface area contributed by atoms with Crippen LogP contribution in [0.4, 0.5) is 0 Å². The van der Waals surface area contributed by atoms with Crippen molar-refractivity contribution in [3.8, 4) is 0 Å². The molecule has 23 heavy (non-hydrogen) atoms. The molecule has 1 aromatic heterocycles. The number of likely N-dealkylation sites (tertiary alicyclic amines) is 1. The zero-order chi connectivity index (χ0) is 15.8. The fourth-order valence-corrected chi connectivity index (χ4v) is 4.24. The van der Waals surface area contributed by atoms with Gasteiger partial charge in [0.25, 0.3) is 5.91 Å². The Kier molecular flexibility index (Phi) is 3.68. The van der Waals surface area contributed by atoms with Crippen LogP contribution >= 0.6 is 0 Å². The second-order valence-electron chi connectivity index (χ2n) is 6.74. The number of hydrogen-bond donors (Lipinski definition) is 0. The van der Waals surface area contributed by atoms with E-state index in [1.165, 1.54) is 25.7 Å². The van der Waals surface area contributed by atoms with Crippen LogP contribution in [0.5, 0.6) is 0 Å². The van der Waals surface area contributed by atoms with Crippen molar-refractivity contribution in [2.45, 2.75) is 44.6 Å². The Hall–Kier alpha value is -2.10. The van der Waals surface area contributed by atoms with E-state index in [0.29, 0.717) is 17.5 Å². The molecule has 1 aliphatic heterocycles. The second kappa shape index (κ2) is 5.84. The molecule has 4 heteroatoms. The monoisotopic (exact) mass is 311 g/mol. The maximum atomic E-state index is 12.9. The molecule has 0 unspecified atom stereocenters. The molecule has 1 saturated heterocycles. The van der Waals surface area contributed by atoms with Crippen LogP contribution in [0.25, 0.3) is 11.0 Å². The topological polar surface area (TPSA) is 50.5 Å². The Morgan fingerprint density at radius 1 is 1.09 bits per heavy atom. The van der Waals surface area contributed by atoms with Crippen molar-refractivity contribution in [1.82, 2.24) is 4.90 Å². The molecule has 0 N–H and O–H groups in total. The number of para-hydroxylation sites is 1. The second-order valence-corrected chi connectivity index (χ2v) is 6.74. The Balaban J connectivity index is 1.68. The first-order valence-corrected chi connectivity index (χ1v) is 8.58. The van der Waals surface area contributed by atoms with E-state index in [-0.39, 0.29) is 11.5 Å². The van der Waals surface area contributed by atoms with E-state index >= 15 is 0 Å². The fourth-order valence-electron chi connectivity index (χ4n) is 4.24. The molecule has 120 valence electrons. The minimum absolute atomic E-state index is 0.154. The van der Waals surface area contributed by atoms with Crippen LogP contribution in [0.15, 0.2) is 39.5 Å². The van der Waals surface area contributed by atoms with Crippen molar-refractivity contribution < 1.29 is 9.21 Å². The van der Waals surface area contributed by atoms with Gasteiger partial charge < -0.3 is 9.32 Å². The molecule has 0 radical (unpaired) electrons. The van der Waals surface area contributed by atoms with Crippen LogP contribution in [-0.4, -0.2) is 23.4 Å². The first-order chi connectivity index (χ1) is 11.2. The summed E-state index contributed by atoms with van der Waals surface area (Å²) in [5.74, 6) is 0.452. The molecule has 1 aromatic carbocycles. The zero-order valence-corrected chi connectivity index (χ0v) is 13.2. The number of carbonyl (C=O) groups is 1. The van der Waals surface area contributed by atoms with Crippen molar-refractivity contribution in [3.63, 3.8) is 0 Å². The van der Waals surface area contributed by atoms with E-state index in [1.54, 1.807) is 12.1 Å². The van der Waals surface area contributed by atoms with E-state index in [9.17, 15) is 9.59 Å². The van der Waals surface area contributed by atoms with Crippen LogP contribution in [-0.2, 0) is 0 Å². The first kappa shape index (κ1) is 14.5. The fraction of sp³-hybridized carbons (Fsp3) is 0.474. The lowest BCUT2D eigenvalue weighted by Gasteiger charge is -2.29. The first-order valence-electron chi connectivity index (χ1n) is 8.58. The lowest BCUT2D eigenvalue weighted by atomic mass is 9.95. The number of fused-ring (bicyclic) bond motifs is 1. The molecule has 1 atom stereocenters. The van der Waals surface area contributed by atoms with Crippen molar-refractivity contribution in [2.75, 3.05) is 6.54 Å². The average molecular weight is 311 g/mol. The molecule has 2 aliphatic rings. The molecule has 1 aliphatic carbocycles. The Morgan fingerprint density at radius 2 is 1.87 bits per heavy atom. The normalized spacial score (nSPS) is 22.1. The van der Waals surface area contributed by atoms with Gasteiger partial charge in [0.15, 0.2) is 0 Å². The van der Waals surface area contributed by atoms with Gasteiger partial charge in [-0.2, -0.15) is 0 Å². The van der Waals surface area contributed by atoms with E-state index in [2.05, 4.69) is 0 Å². The molecule has 0 bridgehead atoms. The highest BCUT2D eigenvalue weighted by Gasteiger charge is 2.37. The maximum absolute atomic E-state index is 12.9. The summed E-state index contributed by atoms with van der Waals surface area (Å²) in [7, 11) is 0. The lowest BCUT2D eigenvalue weighted by molar-refractivity contribution is 0.0685. The number of hydrogen-bond acceptors (Lipinski definition) is 3. The number of rotatable bonds is 2. The molecule has 1 amide bonds. The maximum Gasteiger partial charge on any atom is 0.349 e. The highest BCUT2D eigenvalue weighted by Crippen LogP contribution is 2.36. The van der Waals surface area contributed by atoms with Gasteiger partial charge in [-0.15, -0.1) is 0 Å². The van der Waals surface area contributed by atoms with Crippen molar-refractivity contribution in [1.29, 1.82) is 0 Å². The molecule has 2 aromatic rings.